The SMILES string of the molecule is CCOc1ccccc1C(c1ccc(N(C)C)cc1)N1CCCC1C(=O)O. The van der Waals surface area contributed by atoms with E-state index >= 15 is 0 Å². The highest BCUT2D eigenvalue weighted by Gasteiger charge is 2.37. The van der Waals surface area contributed by atoms with Crippen LogP contribution in [0.4, 0.5) is 5.69 Å². The number of para-hydroxylation sites is 1. The molecule has 0 saturated carbocycles. The lowest BCUT2D eigenvalue weighted by Gasteiger charge is -2.33. The molecular weight excluding hydrogens is 340 g/mol. The number of likely N-dealkylation sites (tertiary alicyclic amines) is 1. The summed E-state index contributed by atoms with van der Waals surface area (Å²) in [6, 6.07) is 15.7. The molecule has 0 radical (unpaired) electrons. The zero-order chi connectivity index (χ0) is 19.4. The second-order valence-electron chi connectivity index (χ2n) is 7.09. The van der Waals surface area contributed by atoms with Gasteiger partial charge >= 0.3 is 5.97 Å². The number of nitrogens with zero attached hydrogens (tertiary/aromatic N) is 2. The van der Waals surface area contributed by atoms with Gasteiger partial charge in [0.2, 0.25) is 0 Å². The number of benzene rings is 2. The molecule has 0 amide bonds. The molecule has 1 aliphatic heterocycles. The predicted molar refractivity (Wildman–Crippen MR) is 108 cm³/mol. The van der Waals surface area contributed by atoms with Crippen molar-refractivity contribution in [3.63, 3.8) is 0 Å². The Morgan fingerprint density at radius 3 is 2.56 bits per heavy atom. The largest absolute Gasteiger partial charge is 0.494 e. The van der Waals surface area contributed by atoms with Gasteiger partial charge in [-0.3, -0.25) is 9.69 Å². The van der Waals surface area contributed by atoms with Crippen LogP contribution in [0.5, 0.6) is 5.75 Å². The number of hydrogen-bond acceptors (Lipinski definition) is 4. The minimum atomic E-state index is -0.753. The lowest BCUT2D eigenvalue weighted by atomic mass is 9.95. The summed E-state index contributed by atoms with van der Waals surface area (Å²) in [5.41, 5.74) is 3.22. The monoisotopic (exact) mass is 368 g/mol. The van der Waals surface area contributed by atoms with Crippen molar-refractivity contribution in [3.8, 4) is 5.75 Å². The van der Waals surface area contributed by atoms with Crippen molar-refractivity contribution in [1.29, 1.82) is 0 Å². The van der Waals surface area contributed by atoms with Crippen molar-refractivity contribution < 1.29 is 14.6 Å². The maximum absolute atomic E-state index is 11.9. The van der Waals surface area contributed by atoms with Crippen molar-refractivity contribution >= 4 is 11.7 Å². The van der Waals surface area contributed by atoms with E-state index in [1.165, 1.54) is 0 Å². The number of carboxylic acid groups (broad SMARTS) is 1. The first-order valence-electron chi connectivity index (χ1n) is 9.50. The van der Waals surface area contributed by atoms with E-state index in [1.807, 2.05) is 45.3 Å². The Hall–Kier alpha value is -2.53. The van der Waals surface area contributed by atoms with Crippen LogP contribution >= 0.6 is 0 Å². The number of rotatable bonds is 7. The summed E-state index contributed by atoms with van der Waals surface area (Å²) in [7, 11) is 4.02. The maximum Gasteiger partial charge on any atom is 0.320 e. The molecule has 5 heteroatoms. The van der Waals surface area contributed by atoms with Gasteiger partial charge in [0.25, 0.3) is 0 Å². The number of ether oxygens (including phenoxy) is 1. The molecule has 2 unspecified atom stereocenters. The van der Waals surface area contributed by atoms with Crippen LogP contribution in [0.15, 0.2) is 48.5 Å². The summed E-state index contributed by atoms with van der Waals surface area (Å²) < 4.78 is 5.87. The lowest BCUT2D eigenvalue weighted by molar-refractivity contribution is -0.142. The quantitative estimate of drug-likeness (QED) is 0.806. The first kappa shape index (κ1) is 19.2. The fourth-order valence-electron chi connectivity index (χ4n) is 3.86. The smallest absolute Gasteiger partial charge is 0.320 e. The molecule has 1 N–H and O–H groups in total. The highest BCUT2D eigenvalue weighted by atomic mass is 16.5. The Labute approximate surface area is 161 Å². The van der Waals surface area contributed by atoms with Crippen molar-refractivity contribution in [2.45, 2.75) is 31.8 Å². The number of aliphatic carboxylic acids is 1. The third-order valence-corrected chi connectivity index (χ3v) is 5.15. The molecule has 2 aromatic rings. The molecule has 1 heterocycles. The molecule has 3 rings (SSSR count). The summed E-state index contributed by atoms with van der Waals surface area (Å²) >= 11 is 0. The standard InChI is InChI=1S/C22H28N2O3/c1-4-27-20-10-6-5-8-18(20)21(24-15-7-9-19(24)22(25)26)16-11-13-17(14-12-16)23(2)3/h5-6,8,10-14,19,21H,4,7,9,15H2,1-3H3,(H,25,26). The number of carboxylic acids is 1. The summed E-state index contributed by atoms with van der Waals surface area (Å²) in [5.74, 6) is 0.0639. The highest BCUT2D eigenvalue weighted by molar-refractivity contribution is 5.74. The van der Waals surface area contributed by atoms with Crippen molar-refractivity contribution in [1.82, 2.24) is 4.90 Å². The second-order valence-corrected chi connectivity index (χ2v) is 7.09. The molecule has 0 spiro atoms. The van der Waals surface area contributed by atoms with Gasteiger partial charge in [-0.15, -0.1) is 0 Å². The Balaban J connectivity index is 2.08. The maximum atomic E-state index is 11.9. The zero-order valence-corrected chi connectivity index (χ0v) is 16.3. The Kier molecular flexibility index (Phi) is 6.01. The topological polar surface area (TPSA) is 53.0 Å². The highest BCUT2D eigenvalue weighted by Crippen LogP contribution is 2.39. The molecule has 144 valence electrons. The van der Waals surface area contributed by atoms with Crippen LogP contribution in [0.3, 0.4) is 0 Å². The van der Waals surface area contributed by atoms with Crippen LogP contribution in [0.2, 0.25) is 0 Å². The second kappa shape index (κ2) is 8.44. The number of carbonyl (C=O) groups is 1. The molecule has 0 bridgehead atoms. The first-order valence-corrected chi connectivity index (χ1v) is 9.50. The summed E-state index contributed by atoms with van der Waals surface area (Å²) in [6.45, 7) is 3.30. The Morgan fingerprint density at radius 2 is 1.93 bits per heavy atom. The van der Waals surface area contributed by atoms with Gasteiger partial charge in [0.05, 0.1) is 12.6 Å². The Morgan fingerprint density at radius 1 is 1.22 bits per heavy atom. The molecule has 1 saturated heterocycles. The van der Waals surface area contributed by atoms with Gasteiger partial charge in [0.15, 0.2) is 0 Å². The van der Waals surface area contributed by atoms with Crippen LogP contribution in [0.1, 0.15) is 36.9 Å². The summed E-state index contributed by atoms with van der Waals surface area (Å²) in [6.07, 6.45) is 1.57. The van der Waals surface area contributed by atoms with E-state index in [-0.39, 0.29) is 6.04 Å². The molecule has 1 aliphatic rings. The number of hydrogen-bond donors (Lipinski definition) is 1. The summed E-state index contributed by atoms with van der Waals surface area (Å²) in [5, 5.41) is 9.74. The van der Waals surface area contributed by atoms with E-state index in [0.717, 1.165) is 35.5 Å². The van der Waals surface area contributed by atoms with Crippen LogP contribution in [-0.4, -0.2) is 49.3 Å². The molecule has 0 aromatic heterocycles. The minimum absolute atomic E-state index is 0.146. The van der Waals surface area contributed by atoms with E-state index in [4.69, 9.17) is 4.74 Å². The third-order valence-electron chi connectivity index (χ3n) is 5.15. The van der Waals surface area contributed by atoms with E-state index in [2.05, 4.69) is 34.1 Å². The van der Waals surface area contributed by atoms with Gasteiger partial charge in [-0.05, 0) is 43.5 Å². The number of anilines is 1. The molecule has 2 aromatic carbocycles. The normalized spacial score (nSPS) is 18.3. The fourth-order valence-corrected chi connectivity index (χ4v) is 3.86. The van der Waals surface area contributed by atoms with Crippen LogP contribution in [0, 0.1) is 0 Å². The van der Waals surface area contributed by atoms with E-state index in [0.29, 0.717) is 13.0 Å². The molecule has 0 aliphatic carbocycles. The molecule has 2 atom stereocenters. The average molecular weight is 368 g/mol. The van der Waals surface area contributed by atoms with Gasteiger partial charge in [-0.2, -0.15) is 0 Å². The van der Waals surface area contributed by atoms with E-state index in [1.54, 1.807) is 0 Å². The Bertz CT molecular complexity index is 773. The van der Waals surface area contributed by atoms with Gasteiger partial charge < -0.3 is 14.7 Å². The predicted octanol–water partition coefficient (Wildman–Crippen LogP) is 3.79. The fraction of sp³-hybridized carbons (Fsp3) is 0.409. The molecule has 1 fully saturated rings. The minimum Gasteiger partial charge on any atom is -0.494 e. The van der Waals surface area contributed by atoms with Crippen LogP contribution < -0.4 is 9.64 Å². The molecule has 27 heavy (non-hydrogen) atoms. The van der Waals surface area contributed by atoms with Gasteiger partial charge in [-0.1, -0.05) is 30.3 Å². The molecular formula is C22H28N2O3. The molecule has 5 nitrogen and oxygen atoms in total. The zero-order valence-electron chi connectivity index (χ0n) is 16.3. The van der Waals surface area contributed by atoms with Crippen molar-refractivity contribution in [2.24, 2.45) is 0 Å². The average Bonchev–Trinajstić information content (AvgIpc) is 3.14. The van der Waals surface area contributed by atoms with E-state index < -0.39 is 12.0 Å². The third kappa shape index (κ3) is 4.08. The van der Waals surface area contributed by atoms with E-state index in [9.17, 15) is 9.90 Å². The van der Waals surface area contributed by atoms with Gasteiger partial charge in [0, 0.05) is 31.9 Å². The van der Waals surface area contributed by atoms with Crippen molar-refractivity contribution in [2.75, 3.05) is 32.1 Å². The summed E-state index contributed by atoms with van der Waals surface area (Å²) in [4.78, 5) is 16.0. The van der Waals surface area contributed by atoms with Crippen molar-refractivity contribution in [3.05, 3.63) is 59.7 Å². The lowest BCUT2D eigenvalue weighted by Crippen LogP contribution is -2.39. The van der Waals surface area contributed by atoms with Gasteiger partial charge in [0.1, 0.15) is 11.8 Å². The van der Waals surface area contributed by atoms with Crippen LogP contribution in [-0.2, 0) is 4.79 Å². The first-order chi connectivity index (χ1) is 13.0. The van der Waals surface area contributed by atoms with Crippen LogP contribution in [0.25, 0.3) is 0 Å². The van der Waals surface area contributed by atoms with Gasteiger partial charge in [-0.25, -0.2) is 0 Å².